The second-order valence-corrected chi connectivity index (χ2v) is 5.00. The number of nitrogens with one attached hydrogen (secondary N) is 2. The number of urea groups is 1. The third kappa shape index (κ3) is 5.28. The summed E-state index contributed by atoms with van der Waals surface area (Å²) in [6.07, 6.45) is 0. The Hall–Kier alpha value is -0.940. The van der Waals surface area contributed by atoms with E-state index in [-0.39, 0.29) is 11.1 Å². The lowest BCUT2D eigenvalue weighted by molar-refractivity contribution is 0.252. The van der Waals surface area contributed by atoms with Gasteiger partial charge in [-0.25, -0.2) is 9.18 Å². The summed E-state index contributed by atoms with van der Waals surface area (Å²) >= 11 is 7.51. The highest BCUT2D eigenvalue weighted by Crippen LogP contribution is 2.22. The summed E-state index contributed by atoms with van der Waals surface area (Å²) in [5, 5.41) is 5.42. The Morgan fingerprint density at radius 2 is 2.29 bits per heavy atom. The van der Waals surface area contributed by atoms with Crippen LogP contribution in [0, 0.1) is 5.82 Å². The zero-order chi connectivity index (χ0) is 12.7. The van der Waals surface area contributed by atoms with Crippen molar-refractivity contribution in [1.29, 1.82) is 0 Å². The first kappa shape index (κ1) is 14.1. The third-order valence-electron chi connectivity index (χ3n) is 1.92. The molecule has 1 aromatic carbocycles. The van der Waals surface area contributed by atoms with Gasteiger partial charge in [-0.15, -0.1) is 0 Å². The van der Waals surface area contributed by atoms with Crippen molar-refractivity contribution in [1.82, 2.24) is 5.32 Å². The van der Waals surface area contributed by atoms with Crippen molar-refractivity contribution < 1.29 is 9.18 Å². The number of benzene rings is 1. The van der Waals surface area contributed by atoms with E-state index < -0.39 is 5.82 Å². The Bertz CT molecular complexity index is 390. The Morgan fingerprint density at radius 1 is 1.53 bits per heavy atom. The number of anilines is 1. The molecule has 6 heteroatoms. The Morgan fingerprint density at radius 3 is 2.94 bits per heavy atom. The molecule has 2 amide bonds. The summed E-state index contributed by atoms with van der Waals surface area (Å²) < 4.78 is 12.8. The van der Waals surface area contributed by atoms with Crippen molar-refractivity contribution in [3.8, 4) is 0 Å². The van der Waals surface area contributed by atoms with Crippen LogP contribution < -0.4 is 10.6 Å². The lowest BCUT2D eigenvalue weighted by Gasteiger charge is -2.08. The van der Waals surface area contributed by atoms with Gasteiger partial charge in [0.15, 0.2) is 0 Å². The normalized spacial score (nSPS) is 10.1. The minimum absolute atomic E-state index is 0.183. The van der Waals surface area contributed by atoms with Crippen LogP contribution in [0.15, 0.2) is 18.2 Å². The Kier molecular flexibility index (Phi) is 6.15. The maximum atomic E-state index is 12.8. The van der Waals surface area contributed by atoms with Crippen LogP contribution in [0.5, 0.6) is 0 Å². The van der Waals surface area contributed by atoms with Gasteiger partial charge in [-0.2, -0.15) is 11.8 Å². The molecule has 0 atom stereocenters. The quantitative estimate of drug-likeness (QED) is 0.810. The number of hydrogen-bond donors (Lipinski definition) is 2. The fraction of sp³-hybridized carbons (Fsp3) is 0.364. The first-order chi connectivity index (χ1) is 8.13. The number of amides is 2. The van der Waals surface area contributed by atoms with Crippen molar-refractivity contribution >= 4 is 35.1 Å². The number of carbonyl (C=O) groups excluding carboxylic acids is 1. The molecule has 0 saturated carbocycles. The fourth-order valence-corrected chi connectivity index (χ4v) is 1.89. The van der Waals surface area contributed by atoms with Crippen LogP contribution in [0.3, 0.4) is 0 Å². The highest BCUT2D eigenvalue weighted by atomic mass is 35.5. The van der Waals surface area contributed by atoms with Gasteiger partial charge >= 0.3 is 6.03 Å². The summed E-state index contributed by atoms with van der Waals surface area (Å²) in [4.78, 5) is 11.4. The molecular weight excluding hydrogens is 263 g/mol. The van der Waals surface area contributed by atoms with E-state index in [0.29, 0.717) is 12.2 Å². The van der Waals surface area contributed by atoms with Crippen molar-refractivity contribution in [2.45, 2.75) is 6.92 Å². The largest absolute Gasteiger partial charge is 0.337 e. The molecule has 0 radical (unpaired) electrons. The molecule has 0 aliphatic heterocycles. The van der Waals surface area contributed by atoms with Crippen LogP contribution in [0.25, 0.3) is 0 Å². The van der Waals surface area contributed by atoms with Crippen LogP contribution in [0.1, 0.15) is 6.92 Å². The molecule has 0 heterocycles. The average molecular weight is 277 g/mol. The van der Waals surface area contributed by atoms with E-state index in [0.717, 1.165) is 17.6 Å². The summed E-state index contributed by atoms with van der Waals surface area (Å²) in [5.74, 6) is 1.45. The summed E-state index contributed by atoms with van der Waals surface area (Å²) in [7, 11) is 0. The SMILES string of the molecule is CCSCCNC(=O)Nc1ccc(F)cc1Cl. The van der Waals surface area contributed by atoms with Gasteiger partial charge < -0.3 is 10.6 Å². The van der Waals surface area contributed by atoms with E-state index in [1.54, 1.807) is 11.8 Å². The molecule has 0 aliphatic carbocycles. The molecule has 0 aliphatic rings. The second kappa shape index (κ2) is 7.40. The molecule has 1 rings (SSSR count). The van der Waals surface area contributed by atoms with Gasteiger partial charge in [0.1, 0.15) is 5.82 Å². The molecule has 17 heavy (non-hydrogen) atoms. The lowest BCUT2D eigenvalue weighted by Crippen LogP contribution is -2.30. The van der Waals surface area contributed by atoms with E-state index in [1.165, 1.54) is 12.1 Å². The number of carbonyl (C=O) groups is 1. The van der Waals surface area contributed by atoms with Crippen LogP contribution in [-0.2, 0) is 0 Å². The predicted octanol–water partition coefficient (Wildman–Crippen LogP) is 3.35. The first-order valence-corrected chi connectivity index (χ1v) is 6.74. The molecule has 0 aromatic heterocycles. The van der Waals surface area contributed by atoms with Gasteiger partial charge in [-0.05, 0) is 24.0 Å². The minimum atomic E-state index is -0.430. The van der Waals surface area contributed by atoms with Crippen molar-refractivity contribution in [3.63, 3.8) is 0 Å². The van der Waals surface area contributed by atoms with Crippen LogP contribution in [0.2, 0.25) is 5.02 Å². The minimum Gasteiger partial charge on any atom is -0.337 e. The van der Waals surface area contributed by atoms with Gasteiger partial charge in [0.2, 0.25) is 0 Å². The highest BCUT2D eigenvalue weighted by molar-refractivity contribution is 7.99. The van der Waals surface area contributed by atoms with Crippen LogP contribution >= 0.6 is 23.4 Å². The molecule has 1 aromatic rings. The summed E-state index contributed by atoms with van der Waals surface area (Å²) in [6.45, 7) is 2.65. The summed E-state index contributed by atoms with van der Waals surface area (Å²) in [5.41, 5.74) is 0.397. The van der Waals surface area contributed by atoms with Crippen molar-refractivity contribution in [2.24, 2.45) is 0 Å². The maximum Gasteiger partial charge on any atom is 0.319 e. The van der Waals surface area contributed by atoms with Crippen LogP contribution in [-0.4, -0.2) is 24.1 Å². The number of halogens is 2. The standard InChI is InChI=1S/C11H14ClFN2OS/c1-2-17-6-5-14-11(16)15-10-4-3-8(13)7-9(10)12/h3-4,7H,2,5-6H2,1H3,(H2,14,15,16). The molecule has 3 nitrogen and oxygen atoms in total. The van der Waals surface area contributed by atoms with Gasteiger partial charge in [0.25, 0.3) is 0 Å². The molecule has 0 spiro atoms. The van der Waals surface area contributed by atoms with Crippen LogP contribution in [0.4, 0.5) is 14.9 Å². The van der Waals surface area contributed by atoms with E-state index in [9.17, 15) is 9.18 Å². The van der Waals surface area contributed by atoms with E-state index in [2.05, 4.69) is 17.6 Å². The molecule has 2 N–H and O–H groups in total. The van der Waals surface area contributed by atoms with E-state index in [1.807, 2.05) is 0 Å². The van der Waals surface area contributed by atoms with Crippen molar-refractivity contribution in [2.75, 3.05) is 23.4 Å². The molecule has 0 fully saturated rings. The molecular formula is C11H14ClFN2OS. The third-order valence-corrected chi connectivity index (χ3v) is 3.13. The zero-order valence-corrected chi connectivity index (χ0v) is 11.0. The Labute approximate surface area is 109 Å². The molecule has 94 valence electrons. The average Bonchev–Trinajstić information content (AvgIpc) is 2.28. The highest BCUT2D eigenvalue weighted by Gasteiger charge is 2.05. The fourth-order valence-electron chi connectivity index (χ4n) is 1.14. The van der Waals surface area contributed by atoms with E-state index in [4.69, 9.17) is 11.6 Å². The summed E-state index contributed by atoms with van der Waals surface area (Å²) in [6, 6.07) is 3.49. The zero-order valence-electron chi connectivity index (χ0n) is 9.43. The number of thioether (sulfide) groups is 1. The molecule has 0 saturated heterocycles. The smallest absolute Gasteiger partial charge is 0.319 e. The van der Waals surface area contributed by atoms with Gasteiger partial charge in [0.05, 0.1) is 10.7 Å². The van der Waals surface area contributed by atoms with Gasteiger partial charge in [-0.1, -0.05) is 18.5 Å². The maximum absolute atomic E-state index is 12.8. The van der Waals surface area contributed by atoms with Crippen molar-refractivity contribution in [3.05, 3.63) is 29.0 Å². The Balaban J connectivity index is 2.40. The first-order valence-electron chi connectivity index (χ1n) is 5.21. The molecule has 0 bridgehead atoms. The number of rotatable bonds is 5. The van der Waals surface area contributed by atoms with Gasteiger partial charge in [-0.3, -0.25) is 0 Å². The number of hydrogen-bond acceptors (Lipinski definition) is 2. The van der Waals surface area contributed by atoms with Gasteiger partial charge in [0, 0.05) is 12.3 Å². The topological polar surface area (TPSA) is 41.1 Å². The lowest BCUT2D eigenvalue weighted by atomic mass is 10.3. The molecule has 0 unspecified atom stereocenters. The van der Waals surface area contributed by atoms with E-state index >= 15 is 0 Å². The predicted molar refractivity (Wildman–Crippen MR) is 71.4 cm³/mol. The second-order valence-electron chi connectivity index (χ2n) is 3.20. The monoisotopic (exact) mass is 276 g/mol.